The van der Waals surface area contributed by atoms with E-state index in [9.17, 15) is 14.9 Å². The fraction of sp³-hybridized carbons (Fsp3) is 0.316. The van der Waals surface area contributed by atoms with Crippen molar-refractivity contribution in [1.82, 2.24) is 4.90 Å². The highest BCUT2D eigenvalue weighted by atomic mass is 16.6. The molecule has 0 unspecified atom stereocenters. The maximum absolute atomic E-state index is 12.6. The Balaban J connectivity index is 1.60. The zero-order valence-electron chi connectivity index (χ0n) is 14.2. The molecule has 1 fully saturated rings. The zero-order valence-corrected chi connectivity index (χ0v) is 14.2. The topological polar surface area (TPSA) is 66.7 Å². The van der Waals surface area contributed by atoms with E-state index in [1.54, 1.807) is 12.1 Å². The molecule has 1 aliphatic rings. The van der Waals surface area contributed by atoms with E-state index in [0.29, 0.717) is 13.1 Å². The van der Waals surface area contributed by atoms with Crippen molar-refractivity contribution in [2.45, 2.75) is 13.3 Å². The first-order chi connectivity index (χ1) is 12.1. The minimum absolute atomic E-state index is 0.0611. The van der Waals surface area contributed by atoms with Crippen LogP contribution >= 0.6 is 0 Å². The summed E-state index contributed by atoms with van der Waals surface area (Å²) in [5.74, 6) is 0.0611. The largest absolute Gasteiger partial charge is 0.368 e. The van der Waals surface area contributed by atoms with E-state index in [-0.39, 0.29) is 11.6 Å². The molecule has 2 aromatic carbocycles. The first-order valence-corrected chi connectivity index (χ1v) is 8.46. The number of carbonyl (C=O) groups excluding carboxylic acids is 1. The summed E-state index contributed by atoms with van der Waals surface area (Å²) in [5, 5.41) is 10.7. The van der Waals surface area contributed by atoms with Crippen LogP contribution in [-0.4, -0.2) is 41.9 Å². The fourth-order valence-electron chi connectivity index (χ4n) is 3.02. The van der Waals surface area contributed by atoms with Crippen molar-refractivity contribution < 1.29 is 9.72 Å². The molecule has 1 saturated heterocycles. The van der Waals surface area contributed by atoms with Crippen molar-refractivity contribution in [3.63, 3.8) is 0 Å². The molecule has 0 saturated carbocycles. The third-order valence-corrected chi connectivity index (χ3v) is 4.60. The summed E-state index contributed by atoms with van der Waals surface area (Å²) in [7, 11) is 0. The minimum atomic E-state index is -0.399. The summed E-state index contributed by atoms with van der Waals surface area (Å²) in [6, 6.07) is 14.3. The Morgan fingerprint density at radius 1 is 1.00 bits per heavy atom. The molecular weight excluding hydrogens is 318 g/mol. The van der Waals surface area contributed by atoms with Crippen molar-refractivity contribution in [1.29, 1.82) is 0 Å². The number of aryl methyl sites for hydroxylation is 1. The number of carbonyl (C=O) groups is 1. The van der Waals surface area contributed by atoms with Crippen LogP contribution in [0.2, 0.25) is 0 Å². The smallest absolute Gasteiger partial charge is 0.269 e. The van der Waals surface area contributed by atoms with E-state index in [2.05, 4.69) is 11.8 Å². The number of hydrogen-bond acceptors (Lipinski definition) is 4. The first-order valence-electron chi connectivity index (χ1n) is 8.46. The Morgan fingerprint density at radius 2 is 1.60 bits per heavy atom. The molecular formula is C19H21N3O3. The maximum atomic E-state index is 12.6. The van der Waals surface area contributed by atoms with Crippen LogP contribution < -0.4 is 4.90 Å². The number of amides is 1. The van der Waals surface area contributed by atoms with Crippen molar-refractivity contribution in [2.24, 2.45) is 0 Å². The van der Waals surface area contributed by atoms with Crippen LogP contribution in [0.15, 0.2) is 48.5 Å². The van der Waals surface area contributed by atoms with Crippen molar-refractivity contribution >= 4 is 17.3 Å². The highest BCUT2D eigenvalue weighted by Crippen LogP contribution is 2.21. The van der Waals surface area contributed by atoms with Gasteiger partial charge in [0.1, 0.15) is 0 Å². The van der Waals surface area contributed by atoms with Crippen LogP contribution in [0.4, 0.5) is 11.4 Å². The lowest BCUT2D eigenvalue weighted by Crippen LogP contribution is -2.48. The third kappa shape index (κ3) is 3.79. The van der Waals surface area contributed by atoms with Gasteiger partial charge in [0.15, 0.2) is 0 Å². The van der Waals surface area contributed by atoms with Gasteiger partial charge >= 0.3 is 0 Å². The molecule has 0 atom stereocenters. The molecule has 25 heavy (non-hydrogen) atoms. The molecule has 0 radical (unpaired) electrons. The van der Waals surface area contributed by atoms with Crippen molar-refractivity contribution in [3.05, 3.63) is 69.8 Å². The van der Waals surface area contributed by atoms with Crippen LogP contribution in [0.3, 0.4) is 0 Å². The number of nitro benzene ring substituents is 1. The highest BCUT2D eigenvalue weighted by molar-refractivity contribution is 5.94. The number of anilines is 1. The molecule has 0 aliphatic carbocycles. The predicted octanol–water partition coefficient (Wildman–Crippen LogP) is 3.12. The molecule has 2 aromatic rings. The van der Waals surface area contributed by atoms with E-state index in [1.807, 2.05) is 29.2 Å². The van der Waals surface area contributed by atoms with E-state index >= 15 is 0 Å². The second-order valence-electron chi connectivity index (χ2n) is 6.10. The minimum Gasteiger partial charge on any atom is -0.368 e. The van der Waals surface area contributed by atoms with Gasteiger partial charge in [-0.15, -0.1) is 0 Å². The van der Waals surface area contributed by atoms with E-state index < -0.39 is 4.92 Å². The number of nitro groups is 1. The predicted molar refractivity (Wildman–Crippen MR) is 97.0 cm³/mol. The quantitative estimate of drug-likeness (QED) is 0.634. The van der Waals surface area contributed by atoms with E-state index in [4.69, 9.17) is 0 Å². The number of nitrogens with zero attached hydrogens (tertiary/aromatic N) is 3. The third-order valence-electron chi connectivity index (χ3n) is 4.60. The maximum Gasteiger partial charge on any atom is 0.269 e. The summed E-state index contributed by atoms with van der Waals surface area (Å²) < 4.78 is 0. The Labute approximate surface area is 146 Å². The monoisotopic (exact) mass is 339 g/mol. The standard InChI is InChI=1S/C19H21N3O3/c1-2-15-3-5-16(6-4-15)19(23)21-13-11-20(12-14-21)17-7-9-18(10-8-17)22(24)25/h3-10H,2,11-14H2,1H3. The second-order valence-corrected chi connectivity index (χ2v) is 6.10. The highest BCUT2D eigenvalue weighted by Gasteiger charge is 2.22. The van der Waals surface area contributed by atoms with E-state index in [0.717, 1.165) is 30.8 Å². The molecule has 1 heterocycles. The van der Waals surface area contributed by atoms with Crippen LogP contribution in [0, 0.1) is 10.1 Å². The summed E-state index contributed by atoms with van der Waals surface area (Å²) in [5.41, 5.74) is 2.98. The van der Waals surface area contributed by atoms with Gasteiger partial charge in [0, 0.05) is 49.6 Å². The van der Waals surface area contributed by atoms with Gasteiger partial charge in [-0.2, -0.15) is 0 Å². The van der Waals surface area contributed by atoms with Crippen LogP contribution in [0.25, 0.3) is 0 Å². The van der Waals surface area contributed by atoms with Crippen molar-refractivity contribution in [3.8, 4) is 0 Å². The average molecular weight is 339 g/mol. The summed E-state index contributed by atoms with van der Waals surface area (Å²) in [6.45, 7) is 4.82. The molecule has 0 aromatic heterocycles. The molecule has 3 rings (SSSR count). The second kappa shape index (κ2) is 7.34. The summed E-state index contributed by atoms with van der Waals surface area (Å²) in [6.07, 6.45) is 0.961. The fourth-order valence-corrected chi connectivity index (χ4v) is 3.02. The van der Waals surface area contributed by atoms with Gasteiger partial charge in [0.25, 0.3) is 11.6 Å². The summed E-state index contributed by atoms with van der Waals surface area (Å²) in [4.78, 5) is 26.9. The first kappa shape index (κ1) is 17.0. The molecule has 1 amide bonds. The van der Waals surface area contributed by atoms with Crippen LogP contribution in [0.5, 0.6) is 0 Å². The Bertz CT molecular complexity index is 748. The Morgan fingerprint density at radius 3 is 2.12 bits per heavy atom. The van der Waals surface area contributed by atoms with Crippen LogP contribution in [-0.2, 0) is 6.42 Å². The molecule has 130 valence electrons. The van der Waals surface area contributed by atoms with Gasteiger partial charge in [0.05, 0.1) is 4.92 Å². The number of hydrogen-bond donors (Lipinski definition) is 0. The molecule has 1 aliphatic heterocycles. The summed E-state index contributed by atoms with van der Waals surface area (Å²) >= 11 is 0. The number of rotatable bonds is 4. The lowest BCUT2D eigenvalue weighted by atomic mass is 10.1. The number of non-ortho nitro benzene ring substituents is 1. The van der Waals surface area contributed by atoms with Gasteiger partial charge in [0.2, 0.25) is 0 Å². The van der Waals surface area contributed by atoms with Crippen LogP contribution in [0.1, 0.15) is 22.8 Å². The normalized spacial score (nSPS) is 14.4. The lowest BCUT2D eigenvalue weighted by molar-refractivity contribution is -0.384. The number of benzene rings is 2. The van der Waals surface area contributed by atoms with Gasteiger partial charge in [-0.25, -0.2) is 0 Å². The molecule has 0 N–H and O–H groups in total. The Kier molecular flexibility index (Phi) is 4.97. The average Bonchev–Trinajstić information content (AvgIpc) is 2.67. The molecule has 0 bridgehead atoms. The molecule has 6 heteroatoms. The number of piperazine rings is 1. The SMILES string of the molecule is CCc1ccc(C(=O)N2CCN(c3ccc([N+](=O)[O-])cc3)CC2)cc1. The van der Waals surface area contributed by atoms with Gasteiger partial charge in [-0.1, -0.05) is 19.1 Å². The molecule has 6 nitrogen and oxygen atoms in total. The lowest BCUT2D eigenvalue weighted by Gasteiger charge is -2.36. The van der Waals surface area contributed by atoms with Gasteiger partial charge in [-0.05, 0) is 36.2 Å². The molecule has 0 spiro atoms. The Hall–Kier alpha value is -2.89. The van der Waals surface area contributed by atoms with E-state index in [1.165, 1.54) is 17.7 Å². The van der Waals surface area contributed by atoms with Crippen molar-refractivity contribution in [2.75, 3.05) is 31.1 Å². The van der Waals surface area contributed by atoms with Gasteiger partial charge < -0.3 is 9.80 Å². The van der Waals surface area contributed by atoms with Gasteiger partial charge in [-0.3, -0.25) is 14.9 Å². The zero-order chi connectivity index (χ0) is 17.8.